The Labute approximate surface area is 159 Å². The van der Waals surface area contributed by atoms with Crippen LogP contribution < -0.4 is 4.74 Å². The van der Waals surface area contributed by atoms with Gasteiger partial charge in [0.2, 0.25) is 0 Å². The van der Waals surface area contributed by atoms with Gasteiger partial charge in [-0.2, -0.15) is 0 Å². The number of hydrogen-bond acceptors (Lipinski definition) is 2. The second kappa shape index (κ2) is 6.55. The Balaban J connectivity index is 1.58. The highest BCUT2D eigenvalue weighted by molar-refractivity contribution is 5.46. The standard InChI is InChI=1S/C24H35NO/c1-3-5-18-6-4-11-24-12-13-25(16-17-7-8-17)22(23(18)24)14-19-9-10-20(26-2)15-21(19)24/h9-10,15,17-18,22-23H,3-8,11-14,16H2,1-2H3/t18-,22+,23?,24-/m0/s1. The molecular formula is C24H35NO. The number of fused-ring (bicyclic) bond motifs is 1. The van der Waals surface area contributed by atoms with Crippen molar-refractivity contribution < 1.29 is 4.74 Å². The Morgan fingerprint density at radius 3 is 2.85 bits per heavy atom. The molecule has 4 atom stereocenters. The van der Waals surface area contributed by atoms with E-state index in [0.717, 1.165) is 29.5 Å². The van der Waals surface area contributed by atoms with Crippen molar-refractivity contribution in [3.63, 3.8) is 0 Å². The van der Waals surface area contributed by atoms with Gasteiger partial charge in [-0.05, 0) is 79.7 Å². The minimum Gasteiger partial charge on any atom is -0.497 e. The predicted octanol–water partition coefficient (Wildman–Crippen LogP) is 5.19. The van der Waals surface area contributed by atoms with Crippen LogP contribution >= 0.6 is 0 Å². The van der Waals surface area contributed by atoms with E-state index in [1.807, 2.05) is 7.11 Å². The first-order valence-electron chi connectivity index (χ1n) is 11.2. The molecule has 142 valence electrons. The summed E-state index contributed by atoms with van der Waals surface area (Å²) in [7, 11) is 1.82. The number of ether oxygens (including phenoxy) is 1. The molecule has 5 rings (SSSR count). The second-order valence-electron chi connectivity index (χ2n) is 9.61. The smallest absolute Gasteiger partial charge is 0.119 e. The van der Waals surface area contributed by atoms with Crippen LogP contribution in [-0.2, 0) is 11.8 Å². The molecule has 1 unspecified atom stereocenters. The van der Waals surface area contributed by atoms with E-state index in [4.69, 9.17) is 4.74 Å². The molecule has 1 aromatic carbocycles. The van der Waals surface area contributed by atoms with Gasteiger partial charge in [-0.3, -0.25) is 4.90 Å². The molecule has 0 amide bonds. The maximum atomic E-state index is 5.64. The summed E-state index contributed by atoms with van der Waals surface area (Å²) in [6.45, 7) is 5.09. The van der Waals surface area contributed by atoms with Gasteiger partial charge in [0.25, 0.3) is 0 Å². The fourth-order valence-electron chi connectivity index (χ4n) is 7.00. The van der Waals surface area contributed by atoms with Crippen molar-refractivity contribution in [1.82, 2.24) is 4.90 Å². The molecule has 3 aliphatic carbocycles. The Bertz CT molecular complexity index is 664. The molecule has 0 radical (unpaired) electrons. The molecule has 4 aliphatic rings. The Morgan fingerprint density at radius 2 is 2.08 bits per heavy atom. The van der Waals surface area contributed by atoms with Gasteiger partial charge in [-0.25, -0.2) is 0 Å². The summed E-state index contributed by atoms with van der Waals surface area (Å²) >= 11 is 0. The summed E-state index contributed by atoms with van der Waals surface area (Å²) in [6, 6.07) is 7.80. The lowest BCUT2D eigenvalue weighted by molar-refractivity contribution is -0.0476. The second-order valence-corrected chi connectivity index (χ2v) is 9.61. The molecule has 0 spiro atoms. The van der Waals surface area contributed by atoms with Gasteiger partial charge in [-0.1, -0.05) is 38.7 Å². The number of likely N-dealkylation sites (tertiary alicyclic amines) is 1. The van der Waals surface area contributed by atoms with Gasteiger partial charge >= 0.3 is 0 Å². The van der Waals surface area contributed by atoms with Crippen LogP contribution in [0.3, 0.4) is 0 Å². The van der Waals surface area contributed by atoms with Crippen molar-refractivity contribution in [3.05, 3.63) is 29.3 Å². The molecule has 1 aliphatic heterocycles. The van der Waals surface area contributed by atoms with Crippen LogP contribution in [0.25, 0.3) is 0 Å². The summed E-state index contributed by atoms with van der Waals surface area (Å²) < 4.78 is 5.64. The van der Waals surface area contributed by atoms with Crippen LogP contribution in [0.15, 0.2) is 18.2 Å². The van der Waals surface area contributed by atoms with Crippen molar-refractivity contribution in [2.45, 2.75) is 76.2 Å². The van der Waals surface area contributed by atoms with E-state index < -0.39 is 0 Å². The number of methoxy groups -OCH3 is 1. The first-order valence-corrected chi connectivity index (χ1v) is 11.2. The first kappa shape index (κ1) is 17.1. The third-order valence-corrected chi connectivity index (χ3v) is 8.20. The van der Waals surface area contributed by atoms with E-state index in [1.54, 1.807) is 11.1 Å². The third kappa shape index (κ3) is 2.63. The largest absolute Gasteiger partial charge is 0.497 e. The highest BCUT2D eigenvalue weighted by atomic mass is 16.5. The average molecular weight is 354 g/mol. The van der Waals surface area contributed by atoms with Gasteiger partial charge in [-0.15, -0.1) is 0 Å². The lowest BCUT2D eigenvalue weighted by atomic mass is 9.49. The van der Waals surface area contributed by atoms with Crippen molar-refractivity contribution in [3.8, 4) is 5.75 Å². The van der Waals surface area contributed by atoms with Gasteiger partial charge in [0, 0.05) is 18.0 Å². The zero-order chi connectivity index (χ0) is 17.7. The van der Waals surface area contributed by atoms with Gasteiger partial charge in [0.1, 0.15) is 5.75 Å². The molecular weight excluding hydrogens is 318 g/mol. The van der Waals surface area contributed by atoms with E-state index in [2.05, 4.69) is 30.0 Å². The van der Waals surface area contributed by atoms with Crippen LogP contribution in [0.5, 0.6) is 5.75 Å². The lowest BCUT2D eigenvalue weighted by Crippen LogP contribution is -2.63. The average Bonchev–Trinajstić information content (AvgIpc) is 3.48. The van der Waals surface area contributed by atoms with Crippen molar-refractivity contribution in [1.29, 1.82) is 0 Å². The molecule has 2 nitrogen and oxygen atoms in total. The number of benzene rings is 1. The van der Waals surface area contributed by atoms with Crippen LogP contribution in [-0.4, -0.2) is 31.1 Å². The van der Waals surface area contributed by atoms with Crippen molar-refractivity contribution in [2.75, 3.05) is 20.2 Å². The monoisotopic (exact) mass is 353 g/mol. The van der Waals surface area contributed by atoms with E-state index >= 15 is 0 Å². The van der Waals surface area contributed by atoms with E-state index in [9.17, 15) is 0 Å². The molecule has 0 N–H and O–H groups in total. The Hall–Kier alpha value is -1.02. The van der Waals surface area contributed by atoms with Crippen LogP contribution in [0.2, 0.25) is 0 Å². The maximum Gasteiger partial charge on any atom is 0.119 e. The number of rotatable bonds is 5. The summed E-state index contributed by atoms with van der Waals surface area (Å²) in [5.74, 6) is 3.88. The molecule has 1 aromatic rings. The number of hydrogen-bond donors (Lipinski definition) is 0. The van der Waals surface area contributed by atoms with Crippen molar-refractivity contribution in [2.24, 2.45) is 17.8 Å². The summed E-state index contributed by atoms with van der Waals surface area (Å²) in [5, 5.41) is 0. The summed E-state index contributed by atoms with van der Waals surface area (Å²) in [4.78, 5) is 2.93. The lowest BCUT2D eigenvalue weighted by Gasteiger charge is -2.61. The highest BCUT2D eigenvalue weighted by Gasteiger charge is 2.56. The van der Waals surface area contributed by atoms with E-state index in [0.29, 0.717) is 5.41 Å². The summed E-state index contributed by atoms with van der Waals surface area (Å²) in [6.07, 6.45) is 12.7. The van der Waals surface area contributed by atoms with Crippen molar-refractivity contribution >= 4 is 0 Å². The van der Waals surface area contributed by atoms with Crippen LogP contribution in [0.4, 0.5) is 0 Å². The normalized spacial score (nSPS) is 36.3. The predicted molar refractivity (Wildman–Crippen MR) is 107 cm³/mol. The topological polar surface area (TPSA) is 12.5 Å². The van der Waals surface area contributed by atoms with Gasteiger partial charge in [0.05, 0.1) is 7.11 Å². The fourth-order valence-corrected chi connectivity index (χ4v) is 7.00. The van der Waals surface area contributed by atoms with E-state index in [-0.39, 0.29) is 0 Å². The van der Waals surface area contributed by atoms with Gasteiger partial charge in [0.15, 0.2) is 0 Å². The molecule has 2 saturated carbocycles. The number of nitrogens with zero attached hydrogens (tertiary/aromatic N) is 1. The quantitative estimate of drug-likeness (QED) is 0.722. The zero-order valence-electron chi connectivity index (χ0n) is 16.7. The highest BCUT2D eigenvalue weighted by Crippen LogP contribution is 2.59. The zero-order valence-corrected chi connectivity index (χ0v) is 16.7. The summed E-state index contributed by atoms with van der Waals surface area (Å²) in [5.41, 5.74) is 3.74. The fraction of sp³-hybridized carbons (Fsp3) is 0.750. The minimum absolute atomic E-state index is 0.435. The van der Waals surface area contributed by atoms with Crippen LogP contribution in [0, 0.1) is 17.8 Å². The Morgan fingerprint density at radius 1 is 1.19 bits per heavy atom. The minimum atomic E-state index is 0.435. The molecule has 0 aromatic heterocycles. The number of piperidine rings is 1. The molecule has 3 fully saturated rings. The van der Waals surface area contributed by atoms with Gasteiger partial charge < -0.3 is 4.74 Å². The van der Waals surface area contributed by atoms with E-state index in [1.165, 1.54) is 70.9 Å². The molecule has 26 heavy (non-hydrogen) atoms. The first-order chi connectivity index (χ1) is 12.7. The van der Waals surface area contributed by atoms with Crippen LogP contribution in [0.1, 0.15) is 69.4 Å². The molecule has 1 saturated heterocycles. The SMILES string of the molecule is CCC[C@H]1CCC[C@]23CCN(CC4CC4)[C@H](Cc4ccc(OC)cc42)C13. The molecule has 2 heteroatoms. The third-order valence-electron chi connectivity index (χ3n) is 8.20. The maximum absolute atomic E-state index is 5.64. The Kier molecular flexibility index (Phi) is 4.31. The molecule has 1 heterocycles. The molecule has 2 bridgehead atoms.